The number of carbonyl (C=O) groups is 1. The fourth-order valence-corrected chi connectivity index (χ4v) is 2.76. The van der Waals surface area contributed by atoms with Gasteiger partial charge in [0.2, 0.25) is 5.43 Å². The first-order chi connectivity index (χ1) is 13.3. The highest BCUT2D eigenvalue weighted by atomic mass is 16.6. The first kappa shape index (κ1) is 19.5. The Bertz CT molecular complexity index is 1060. The Morgan fingerprint density at radius 3 is 2.54 bits per heavy atom. The van der Waals surface area contributed by atoms with Gasteiger partial charge in [0.15, 0.2) is 6.61 Å². The molecule has 0 saturated carbocycles. The highest BCUT2D eigenvalue weighted by molar-refractivity contribution is 5.84. The fourth-order valence-electron chi connectivity index (χ4n) is 2.76. The number of methoxy groups -OCH3 is 1. The Balaban J connectivity index is 1.87. The van der Waals surface area contributed by atoms with Gasteiger partial charge in [0.1, 0.15) is 28.9 Å². The van der Waals surface area contributed by atoms with E-state index in [0.29, 0.717) is 33.6 Å². The summed E-state index contributed by atoms with van der Waals surface area (Å²) in [5.74, 6) is 0.526. The summed E-state index contributed by atoms with van der Waals surface area (Å²) in [5, 5.41) is 0.410. The van der Waals surface area contributed by atoms with Crippen LogP contribution in [-0.2, 0) is 9.53 Å². The van der Waals surface area contributed by atoms with E-state index in [9.17, 15) is 9.59 Å². The van der Waals surface area contributed by atoms with Crippen LogP contribution in [0, 0.1) is 0 Å². The molecule has 0 saturated heterocycles. The molecule has 0 radical (unpaired) electrons. The zero-order valence-electron chi connectivity index (χ0n) is 16.3. The molecule has 0 amide bonds. The number of ether oxygens (including phenoxy) is 3. The first-order valence-electron chi connectivity index (χ1n) is 8.82. The molecule has 0 N–H and O–H groups in total. The maximum atomic E-state index is 12.9. The third kappa shape index (κ3) is 4.34. The van der Waals surface area contributed by atoms with Crippen LogP contribution in [0.15, 0.2) is 57.9 Å². The number of hydrogen-bond donors (Lipinski definition) is 0. The highest BCUT2D eigenvalue weighted by Crippen LogP contribution is 2.29. The first-order valence-corrected chi connectivity index (χ1v) is 8.82. The van der Waals surface area contributed by atoms with Crippen molar-refractivity contribution < 1.29 is 23.4 Å². The Hall–Kier alpha value is -3.28. The van der Waals surface area contributed by atoms with Crippen LogP contribution in [0.5, 0.6) is 11.5 Å². The minimum absolute atomic E-state index is 0.176. The van der Waals surface area contributed by atoms with Crippen molar-refractivity contribution in [3.8, 4) is 22.6 Å². The normalized spacial score (nSPS) is 11.3. The second kappa shape index (κ2) is 7.76. The molecule has 0 spiro atoms. The van der Waals surface area contributed by atoms with Crippen molar-refractivity contribution in [2.75, 3.05) is 13.7 Å². The summed E-state index contributed by atoms with van der Waals surface area (Å²) in [4.78, 5) is 24.7. The molecule has 3 rings (SSSR count). The van der Waals surface area contributed by atoms with E-state index < -0.39 is 11.6 Å². The van der Waals surface area contributed by atoms with Gasteiger partial charge < -0.3 is 18.6 Å². The number of para-hydroxylation sites is 1. The molecule has 6 heteroatoms. The molecule has 6 nitrogen and oxygen atoms in total. The van der Waals surface area contributed by atoms with Gasteiger partial charge in [-0.15, -0.1) is 0 Å². The lowest BCUT2D eigenvalue weighted by Crippen LogP contribution is -2.27. The van der Waals surface area contributed by atoms with Crippen molar-refractivity contribution in [1.29, 1.82) is 0 Å². The van der Waals surface area contributed by atoms with Gasteiger partial charge in [-0.2, -0.15) is 0 Å². The zero-order valence-corrected chi connectivity index (χ0v) is 16.3. The molecule has 0 aliphatic rings. The lowest BCUT2D eigenvalue weighted by atomic mass is 10.0. The number of esters is 1. The van der Waals surface area contributed by atoms with Gasteiger partial charge in [-0.1, -0.05) is 18.2 Å². The van der Waals surface area contributed by atoms with Crippen LogP contribution in [0.3, 0.4) is 0 Å². The van der Waals surface area contributed by atoms with Crippen LogP contribution in [-0.4, -0.2) is 25.3 Å². The zero-order chi connectivity index (χ0) is 20.3. The molecule has 0 fully saturated rings. The maximum Gasteiger partial charge on any atom is 0.344 e. The van der Waals surface area contributed by atoms with Crippen molar-refractivity contribution >= 4 is 16.9 Å². The molecule has 1 heterocycles. The minimum Gasteiger partial charge on any atom is -0.496 e. The number of benzene rings is 2. The maximum absolute atomic E-state index is 12.9. The molecule has 0 aliphatic carbocycles. The lowest BCUT2D eigenvalue weighted by molar-refractivity contribution is -0.157. The molecule has 2 aromatic carbocycles. The van der Waals surface area contributed by atoms with Crippen molar-refractivity contribution in [1.82, 2.24) is 0 Å². The van der Waals surface area contributed by atoms with Crippen molar-refractivity contribution in [2.24, 2.45) is 0 Å². The van der Waals surface area contributed by atoms with E-state index in [1.165, 1.54) is 6.26 Å². The Kier molecular flexibility index (Phi) is 5.40. The van der Waals surface area contributed by atoms with E-state index >= 15 is 0 Å². The van der Waals surface area contributed by atoms with E-state index in [1.54, 1.807) is 58.2 Å². The van der Waals surface area contributed by atoms with Crippen LogP contribution >= 0.6 is 0 Å². The number of rotatable bonds is 5. The predicted octanol–water partition coefficient (Wildman–Crippen LogP) is 4.19. The molecule has 1 aromatic heterocycles. The smallest absolute Gasteiger partial charge is 0.344 e. The Morgan fingerprint density at radius 2 is 1.82 bits per heavy atom. The second-order valence-corrected chi connectivity index (χ2v) is 7.21. The molecule has 28 heavy (non-hydrogen) atoms. The predicted molar refractivity (Wildman–Crippen MR) is 106 cm³/mol. The Morgan fingerprint density at radius 1 is 1.07 bits per heavy atom. The van der Waals surface area contributed by atoms with Crippen molar-refractivity contribution in [3.05, 3.63) is 59.0 Å². The van der Waals surface area contributed by atoms with Gasteiger partial charge in [0.25, 0.3) is 0 Å². The van der Waals surface area contributed by atoms with Crippen LogP contribution in [0.25, 0.3) is 22.1 Å². The highest BCUT2D eigenvalue weighted by Gasteiger charge is 2.17. The summed E-state index contributed by atoms with van der Waals surface area (Å²) in [7, 11) is 1.55. The van der Waals surface area contributed by atoms with Crippen LogP contribution in [0.2, 0.25) is 0 Å². The van der Waals surface area contributed by atoms with Crippen LogP contribution in [0.1, 0.15) is 20.8 Å². The molecule has 0 unspecified atom stereocenters. The second-order valence-electron chi connectivity index (χ2n) is 7.21. The Labute approximate surface area is 162 Å². The summed E-state index contributed by atoms with van der Waals surface area (Å²) in [6.45, 7) is 5.13. The number of carbonyl (C=O) groups excluding carboxylic acids is 1. The van der Waals surface area contributed by atoms with Crippen LogP contribution in [0.4, 0.5) is 0 Å². The SMILES string of the molecule is COc1ccccc1-c1coc2cc(OCC(=O)OC(C)(C)C)ccc2c1=O. The molecule has 0 bridgehead atoms. The summed E-state index contributed by atoms with van der Waals surface area (Å²) in [5.41, 5.74) is 0.680. The van der Waals surface area contributed by atoms with Gasteiger partial charge >= 0.3 is 5.97 Å². The average molecular weight is 382 g/mol. The molecule has 3 aromatic rings. The monoisotopic (exact) mass is 382 g/mol. The van der Waals surface area contributed by atoms with Crippen LogP contribution < -0.4 is 14.9 Å². The van der Waals surface area contributed by atoms with Crippen molar-refractivity contribution in [3.63, 3.8) is 0 Å². The molecule has 146 valence electrons. The minimum atomic E-state index is -0.578. The summed E-state index contributed by atoms with van der Waals surface area (Å²) in [6.07, 6.45) is 1.40. The van der Waals surface area contributed by atoms with E-state index in [4.69, 9.17) is 18.6 Å². The van der Waals surface area contributed by atoms with Gasteiger partial charge in [0, 0.05) is 11.6 Å². The van der Waals surface area contributed by atoms with E-state index in [0.717, 1.165) is 0 Å². The molecular formula is C22H22O6. The lowest BCUT2D eigenvalue weighted by Gasteiger charge is -2.19. The third-order valence-electron chi connectivity index (χ3n) is 3.92. The molecule has 0 aliphatic heterocycles. The topological polar surface area (TPSA) is 75.0 Å². The van der Waals surface area contributed by atoms with Gasteiger partial charge in [-0.3, -0.25) is 4.79 Å². The standard InChI is InChI=1S/C22H22O6/c1-22(2,3)28-20(23)13-26-14-9-10-16-19(11-14)27-12-17(21(16)24)15-7-5-6-8-18(15)25-4/h5-12H,13H2,1-4H3. The quantitative estimate of drug-likeness (QED) is 0.616. The molecular weight excluding hydrogens is 360 g/mol. The average Bonchev–Trinajstić information content (AvgIpc) is 2.65. The van der Waals surface area contributed by atoms with Gasteiger partial charge in [0.05, 0.1) is 18.1 Å². The number of hydrogen-bond acceptors (Lipinski definition) is 6. The van der Waals surface area contributed by atoms with E-state index in [1.807, 2.05) is 12.1 Å². The van der Waals surface area contributed by atoms with Gasteiger partial charge in [-0.25, -0.2) is 4.79 Å². The molecule has 0 atom stereocenters. The van der Waals surface area contributed by atoms with E-state index in [-0.39, 0.29) is 12.0 Å². The number of fused-ring (bicyclic) bond motifs is 1. The van der Waals surface area contributed by atoms with Crippen molar-refractivity contribution in [2.45, 2.75) is 26.4 Å². The summed E-state index contributed by atoms with van der Waals surface area (Å²) < 4.78 is 21.6. The largest absolute Gasteiger partial charge is 0.496 e. The fraction of sp³-hybridized carbons (Fsp3) is 0.273. The van der Waals surface area contributed by atoms with Gasteiger partial charge in [-0.05, 0) is 39.0 Å². The summed E-state index contributed by atoms with van der Waals surface area (Å²) in [6, 6.07) is 12.1. The third-order valence-corrected chi connectivity index (χ3v) is 3.92. The summed E-state index contributed by atoms with van der Waals surface area (Å²) >= 11 is 0. The van der Waals surface area contributed by atoms with E-state index in [2.05, 4.69) is 0 Å².